The second kappa shape index (κ2) is 10.1. The van der Waals surface area contributed by atoms with Crippen LogP contribution in [-0.2, 0) is 9.53 Å². The summed E-state index contributed by atoms with van der Waals surface area (Å²) in [5, 5.41) is 5.73. The van der Waals surface area contributed by atoms with Crippen LogP contribution in [0, 0.1) is 0 Å². The molecule has 148 valence electrons. The van der Waals surface area contributed by atoms with Crippen molar-refractivity contribution in [3.63, 3.8) is 0 Å². The van der Waals surface area contributed by atoms with Crippen molar-refractivity contribution in [3.05, 3.63) is 54.1 Å². The zero-order valence-electron chi connectivity index (χ0n) is 15.8. The van der Waals surface area contributed by atoms with E-state index in [0.717, 1.165) is 30.1 Å². The molecule has 7 heteroatoms. The van der Waals surface area contributed by atoms with E-state index in [-0.39, 0.29) is 23.7 Å². The smallest absolute Gasteiger partial charge is 0.253 e. The minimum atomic E-state index is -0.214. The van der Waals surface area contributed by atoms with Gasteiger partial charge in [-0.2, -0.15) is 0 Å². The first-order valence-electron chi connectivity index (χ1n) is 9.21. The molecule has 1 heterocycles. The average molecular weight is 401 g/mol. The van der Waals surface area contributed by atoms with Crippen LogP contribution in [-0.4, -0.2) is 43.9 Å². The van der Waals surface area contributed by atoms with E-state index >= 15 is 0 Å². The SMILES string of the molecule is COc1ccc(SCC(=O)Nc2ccccc2C(=O)NC[C@H]2CCCO2)cc1. The number of anilines is 1. The molecule has 28 heavy (non-hydrogen) atoms. The highest BCUT2D eigenvalue weighted by Crippen LogP contribution is 2.22. The lowest BCUT2D eigenvalue weighted by Gasteiger charge is -2.13. The molecule has 2 aromatic carbocycles. The van der Waals surface area contributed by atoms with Crippen molar-refractivity contribution < 1.29 is 19.1 Å². The maximum Gasteiger partial charge on any atom is 0.253 e. The predicted molar refractivity (Wildman–Crippen MR) is 110 cm³/mol. The summed E-state index contributed by atoms with van der Waals surface area (Å²) < 4.78 is 10.7. The van der Waals surface area contributed by atoms with Gasteiger partial charge in [-0.1, -0.05) is 12.1 Å². The molecule has 0 bridgehead atoms. The third kappa shape index (κ3) is 5.74. The number of methoxy groups -OCH3 is 1. The van der Waals surface area contributed by atoms with Crippen LogP contribution in [0.15, 0.2) is 53.4 Å². The van der Waals surface area contributed by atoms with Gasteiger partial charge in [0.15, 0.2) is 0 Å². The van der Waals surface area contributed by atoms with Crippen LogP contribution in [0.4, 0.5) is 5.69 Å². The Labute approximate surface area is 169 Å². The molecule has 2 N–H and O–H groups in total. The van der Waals surface area contributed by atoms with E-state index in [4.69, 9.17) is 9.47 Å². The van der Waals surface area contributed by atoms with Gasteiger partial charge in [0.05, 0.1) is 30.2 Å². The maximum atomic E-state index is 12.5. The number of carbonyl (C=O) groups is 2. The van der Waals surface area contributed by atoms with Crippen LogP contribution < -0.4 is 15.4 Å². The molecule has 0 radical (unpaired) electrons. The molecule has 1 fully saturated rings. The number of rotatable bonds is 8. The van der Waals surface area contributed by atoms with Crippen molar-refractivity contribution in [2.24, 2.45) is 0 Å². The molecule has 6 nitrogen and oxygen atoms in total. The minimum absolute atomic E-state index is 0.0756. The van der Waals surface area contributed by atoms with Gasteiger partial charge in [-0.25, -0.2) is 0 Å². The highest BCUT2D eigenvalue weighted by molar-refractivity contribution is 8.00. The molecular formula is C21H24N2O4S. The number of amides is 2. The first kappa shape index (κ1) is 20.2. The summed E-state index contributed by atoms with van der Waals surface area (Å²) in [5.41, 5.74) is 0.955. The van der Waals surface area contributed by atoms with E-state index in [1.54, 1.807) is 31.4 Å². The molecule has 1 atom stereocenters. The van der Waals surface area contributed by atoms with Gasteiger partial charge in [0, 0.05) is 18.0 Å². The molecule has 3 rings (SSSR count). The van der Waals surface area contributed by atoms with E-state index in [9.17, 15) is 9.59 Å². The van der Waals surface area contributed by atoms with Gasteiger partial charge in [0.2, 0.25) is 5.91 Å². The molecule has 0 aliphatic carbocycles. The zero-order chi connectivity index (χ0) is 19.8. The molecule has 0 aromatic heterocycles. The number of ether oxygens (including phenoxy) is 2. The number of benzene rings is 2. The molecular weight excluding hydrogens is 376 g/mol. The summed E-state index contributed by atoms with van der Waals surface area (Å²) >= 11 is 1.42. The number of nitrogens with one attached hydrogen (secondary N) is 2. The largest absolute Gasteiger partial charge is 0.497 e. The Bertz CT molecular complexity index is 804. The monoisotopic (exact) mass is 400 g/mol. The van der Waals surface area contributed by atoms with Crippen molar-refractivity contribution in [1.82, 2.24) is 5.32 Å². The maximum absolute atomic E-state index is 12.5. The second-order valence-electron chi connectivity index (χ2n) is 6.40. The second-order valence-corrected chi connectivity index (χ2v) is 7.45. The van der Waals surface area contributed by atoms with Gasteiger partial charge in [-0.05, 0) is 49.2 Å². The van der Waals surface area contributed by atoms with Crippen molar-refractivity contribution in [2.75, 3.05) is 31.3 Å². The van der Waals surface area contributed by atoms with E-state index in [1.807, 2.05) is 24.3 Å². The van der Waals surface area contributed by atoms with Crippen LogP contribution in [0.2, 0.25) is 0 Å². The molecule has 1 aliphatic rings. The minimum Gasteiger partial charge on any atom is -0.497 e. The number of para-hydroxylation sites is 1. The number of thioether (sulfide) groups is 1. The van der Waals surface area contributed by atoms with E-state index < -0.39 is 0 Å². The fourth-order valence-corrected chi connectivity index (χ4v) is 3.60. The van der Waals surface area contributed by atoms with Crippen LogP contribution in [0.3, 0.4) is 0 Å². The molecule has 1 aliphatic heterocycles. The Morgan fingerprint density at radius 2 is 1.96 bits per heavy atom. The third-order valence-corrected chi connectivity index (χ3v) is 5.40. The normalized spacial score (nSPS) is 15.8. The van der Waals surface area contributed by atoms with E-state index in [2.05, 4.69) is 10.6 Å². The Balaban J connectivity index is 1.54. The Kier molecular flexibility index (Phi) is 7.33. The van der Waals surface area contributed by atoms with Crippen LogP contribution in [0.1, 0.15) is 23.2 Å². The molecule has 1 saturated heterocycles. The molecule has 0 spiro atoms. The van der Waals surface area contributed by atoms with E-state index in [0.29, 0.717) is 17.8 Å². The lowest BCUT2D eigenvalue weighted by molar-refractivity contribution is -0.113. The quantitative estimate of drug-likeness (QED) is 0.665. The van der Waals surface area contributed by atoms with Crippen LogP contribution >= 0.6 is 11.8 Å². The fourth-order valence-electron chi connectivity index (χ4n) is 2.90. The summed E-state index contributed by atoms with van der Waals surface area (Å²) in [6.45, 7) is 1.23. The summed E-state index contributed by atoms with van der Waals surface area (Å²) in [5.74, 6) is 0.643. The zero-order valence-corrected chi connectivity index (χ0v) is 16.6. The summed E-state index contributed by atoms with van der Waals surface area (Å²) in [4.78, 5) is 25.8. The fraction of sp³-hybridized carbons (Fsp3) is 0.333. The lowest BCUT2D eigenvalue weighted by atomic mass is 10.1. The van der Waals surface area contributed by atoms with Gasteiger partial charge < -0.3 is 20.1 Å². The number of hydrogen-bond donors (Lipinski definition) is 2. The average Bonchev–Trinajstić information content (AvgIpc) is 3.25. The molecule has 0 unspecified atom stereocenters. The van der Waals surface area contributed by atoms with Gasteiger partial charge >= 0.3 is 0 Å². The Morgan fingerprint density at radius 1 is 1.18 bits per heavy atom. The Hall–Kier alpha value is -2.51. The van der Waals surface area contributed by atoms with Crippen LogP contribution in [0.25, 0.3) is 0 Å². The molecule has 2 aromatic rings. The van der Waals surface area contributed by atoms with Crippen molar-refractivity contribution in [1.29, 1.82) is 0 Å². The highest BCUT2D eigenvalue weighted by Gasteiger charge is 2.18. The van der Waals surface area contributed by atoms with Crippen molar-refractivity contribution in [3.8, 4) is 5.75 Å². The lowest BCUT2D eigenvalue weighted by Crippen LogP contribution is -2.32. The highest BCUT2D eigenvalue weighted by atomic mass is 32.2. The topological polar surface area (TPSA) is 76.7 Å². The summed E-state index contributed by atoms with van der Waals surface area (Å²) in [6.07, 6.45) is 2.06. The third-order valence-electron chi connectivity index (χ3n) is 4.39. The van der Waals surface area contributed by atoms with Crippen molar-refractivity contribution in [2.45, 2.75) is 23.8 Å². The predicted octanol–water partition coefficient (Wildman–Crippen LogP) is 3.33. The van der Waals surface area contributed by atoms with Gasteiger partial charge in [-0.15, -0.1) is 11.8 Å². The summed E-state index contributed by atoms with van der Waals surface area (Å²) in [7, 11) is 1.62. The van der Waals surface area contributed by atoms with E-state index in [1.165, 1.54) is 11.8 Å². The summed E-state index contributed by atoms with van der Waals surface area (Å²) in [6, 6.07) is 14.5. The molecule has 2 amide bonds. The van der Waals surface area contributed by atoms with Gasteiger partial charge in [-0.3, -0.25) is 9.59 Å². The standard InChI is InChI=1S/C21H24N2O4S/c1-26-15-8-10-17(11-9-15)28-14-20(24)23-19-7-3-2-6-18(19)21(25)22-13-16-5-4-12-27-16/h2-3,6-11,16H,4-5,12-14H2,1H3,(H,22,25)(H,23,24)/t16-/m1/s1. The first-order chi connectivity index (χ1) is 13.7. The Morgan fingerprint density at radius 3 is 2.68 bits per heavy atom. The van der Waals surface area contributed by atoms with Crippen LogP contribution in [0.5, 0.6) is 5.75 Å². The van der Waals surface area contributed by atoms with Crippen molar-refractivity contribution >= 4 is 29.3 Å². The number of carbonyl (C=O) groups excluding carboxylic acids is 2. The molecule has 0 saturated carbocycles. The van der Waals surface area contributed by atoms with Gasteiger partial charge in [0.25, 0.3) is 5.91 Å². The van der Waals surface area contributed by atoms with Gasteiger partial charge in [0.1, 0.15) is 5.75 Å². The first-order valence-corrected chi connectivity index (χ1v) is 10.2. The number of hydrogen-bond acceptors (Lipinski definition) is 5.